The first-order chi connectivity index (χ1) is 10.2. The van der Waals surface area contributed by atoms with Crippen LogP contribution >= 0.6 is 0 Å². The molecule has 0 bridgehead atoms. The van der Waals surface area contributed by atoms with Crippen molar-refractivity contribution in [3.05, 3.63) is 42.0 Å². The topological polar surface area (TPSA) is 35.5 Å². The van der Waals surface area contributed by atoms with E-state index in [-0.39, 0.29) is 5.78 Å². The molecule has 1 aromatic carbocycles. The lowest BCUT2D eigenvalue weighted by molar-refractivity contribution is -0.114. The number of allylic oxidation sites excluding steroid dienone is 3. The maximum absolute atomic E-state index is 11.6. The quantitative estimate of drug-likeness (QED) is 0.383. The Morgan fingerprint density at radius 3 is 2.52 bits per heavy atom. The number of ketones is 1. The molecule has 0 spiro atoms. The Hall–Kier alpha value is -2.03. The number of hydrogen-bond acceptors (Lipinski definition) is 3. The highest BCUT2D eigenvalue weighted by molar-refractivity contribution is 5.89. The van der Waals surface area contributed by atoms with Crippen molar-refractivity contribution in [2.24, 2.45) is 0 Å². The molecule has 1 aromatic rings. The number of unbranched alkanes of at least 4 members (excludes halogenated alkanes) is 2. The molecular formula is C18H24O3. The number of rotatable bonds is 9. The molecule has 0 N–H and O–H groups in total. The monoisotopic (exact) mass is 288 g/mol. The molecule has 3 heteroatoms. The van der Waals surface area contributed by atoms with Crippen LogP contribution in [0.4, 0.5) is 0 Å². The predicted octanol–water partition coefficient (Wildman–Crippen LogP) is 4.42. The van der Waals surface area contributed by atoms with Crippen LogP contribution in [0.5, 0.6) is 11.5 Å². The van der Waals surface area contributed by atoms with Crippen molar-refractivity contribution in [1.82, 2.24) is 0 Å². The molecule has 21 heavy (non-hydrogen) atoms. The molecule has 0 atom stereocenters. The van der Waals surface area contributed by atoms with Gasteiger partial charge in [0, 0.05) is 6.42 Å². The van der Waals surface area contributed by atoms with Crippen LogP contribution in [-0.2, 0) is 4.79 Å². The van der Waals surface area contributed by atoms with Gasteiger partial charge in [0.25, 0.3) is 0 Å². The van der Waals surface area contributed by atoms with Gasteiger partial charge in [-0.3, -0.25) is 4.79 Å². The van der Waals surface area contributed by atoms with E-state index in [0.29, 0.717) is 17.9 Å². The molecule has 1 rings (SSSR count). The largest absolute Gasteiger partial charge is 0.493 e. The molecule has 0 aliphatic rings. The molecule has 0 aromatic heterocycles. The van der Waals surface area contributed by atoms with E-state index in [1.54, 1.807) is 26.4 Å². The second-order valence-electron chi connectivity index (χ2n) is 4.76. The summed E-state index contributed by atoms with van der Waals surface area (Å²) in [7, 11) is 3.22. The van der Waals surface area contributed by atoms with Crippen molar-refractivity contribution in [2.75, 3.05) is 14.2 Å². The summed E-state index contributed by atoms with van der Waals surface area (Å²) in [5.41, 5.74) is 0.996. The van der Waals surface area contributed by atoms with Gasteiger partial charge in [-0.25, -0.2) is 0 Å². The van der Waals surface area contributed by atoms with E-state index >= 15 is 0 Å². The van der Waals surface area contributed by atoms with Crippen molar-refractivity contribution in [3.8, 4) is 11.5 Å². The van der Waals surface area contributed by atoms with Crippen LogP contribution in [0.15, 0.2) is 36.4 Å². The number of carbonyl (C=O) groups excluding carboxylic acids is 1. The SMILES string of the molecule is CCCCCC(=O)/C=C/C=C/c1ccc(OC)c(OC)c1. The van der Waals surface area contributed by atoms with E-state index in [0.717, 1.165) is 24.8 Å². The molecule has 0 fully saturated rings. The van der Waals surface area contributed by atoms with Crippen molar-refractivity contribution in [3.63, 3.8) is 0 Å². The van der Waals surface area contributed by atoms with Crippen LogP contribution in [0.25, 0.3) is 6.08 Å². The average molecular weight is 288 g/mol. The third-order valence-corrected chi connectivity index (χ3v) is 3.12. The number of hydrogen-bond donors (Lipinski definition) is 0. The van der Waals surface area contributed by atoms with E-state index in [4.69, 9.17) is 9.47 Å². The molecule has 0 amide bonds. The summed E-state index contributed by atoms with van der Waals surface area (Å²) >= 11 is 0. The summed E-state index contributed by atoms with van der Waals surface area (Å²) in [6.45, 7) is 2.13. The Bertz CT molecular complexity index is 501. The molecule has 0 unspecified atom stereocenters. The highest BCUT2D eigenvalue weighted by Gasteiger charge is 2.02. The number of ether oxygens (including phenoxy) is 2. The highest BCUT2D eigenvalue weighted by atomic mass is 16.5. The van der Waals surface area contributed by atoms with E-state index < -0.39 is 0 Å². The van der Waals surface area contributed by atoms with Crippen LogP contribution in [0.1, 0.15) is 38.2 Å². The molecule has 0 saturated heterocycles. The summed E-state index contributed by atoms with van der Waals surface area (Å²) < 4.78 is 10.4. The van der Waals surface area contributed by atoms with Crippen molar-refractivity contribution in [1.29, 1.82) is 0 Å². The number of benzene rings is 1. The Morgan fingerprint density at radius 2 is 1.86 bits per heavy atom. The average Bonchev–Trinajstić information content (AvgIpc) is 2.51. The van der Waals surface area contributed by atoms with Crippen LogP contribution in [0, 0.1) is 0 Å². The third-order valence-electron chi connectivity index (χ3n) is 3.12. The molecule has 0 aliphatic heterocycles. The predicted molar refractivity (Wildman–Crippen MR) is 86.9 cm³/mol. The fourth-order valence-electron chi connectivity index (χ4n) is 1.92. The minimum absolute atomic E-state index is 0.181. The van der Waals surface area contributed by atoms with Gasteiger partial charge in [-0.15, -0.1) is 0 Å². The minimum Gasteiger partial charge on any atom is -0.493 e. The summed E-state index contributed by atoms with van der Waals surface area (Å²) in [6.07, 6.45) is 11.1. The maximum atomic E-state index is 11.6. The molecule has 0 radical (unpaired) electrons. The van der Waals surface area contributed by atoms with E-state index in [1.807, 2.05) is 30.4 Å². The molecule has 114 valence electrons. The molecule has 0 heterocycles. The van der Waals surface area contributed by atoms with E-state index in [9.17, 15) is 4.79 Å². The van der Waals surface area contributed by atoms with Gasteiger partial charge in [0.15, 0.2) is 17.3 Å². The van der Waals surface area contributed by atoms with E-state index in [2.05, 4.69) is 6.92 Å². The lowest BCUT2D eigenvalue weighted by atomic mass is 10.1. The number of methoxy groups -OCH3 is 2. The molecule has 0 aliphatic carbocycles. The van der Waals surface area contributed by atoms with Gasteiger partial charge >= 0.3 is 0 Å². The standard InChI is InChI=1S/C18H24O3/c1-4-5-6-10-16(19)11-8-7-9-15-12-13-17(20-2)18(14-15)21-3/h7-9,11-14H,4-6,10H2,1-3H3/b9-7+,11-8+. The summed E-state index contributed by atoms with van der Waals surface area (Å²) in [5, 5.41) is 0. The maximum Gasteiger partial charge on any atom is 0.161 e. The fraction of sp³-hybridized carbons (Fsp3) is 0.389. The fourth-order valence-corrected chi connectivity index (χ4v) is 1.92. The second kappa shape index (κ2) is 9.81. The van der Waals surface area contributed by atoms with Gasteiger partial charge in [0.05, 0.1) is 14.2 Å². The second-order valence-corrected chi connectivity index (χ2v) is 4.76. The Kier molecular flexibility index (Phi) is 7.95. The van der Waals surface area contributed by atoms with Gasteiger partial charge in [-0.05, 0) is 30.2 Å². The van der Waals surface area contributed by atoms with Crippen molar-refractivity contribution < 1.29 is 14.3 Å². The Labute approximate surface area is 127 Å². The zero-order valence-electron chi connectivity index (χ0n) is 13.1. The van der Waals surface area contributed by atoms with Crippen LogP contribution in [-0.4, -0.2) is 20.0 Å². The van der Waals surface area contributed by atoms with Gasteiger partial charge in [-0.2, -0.15) is 0 Å². The molecule has 0 saturated carbocycles. The van der Waals surface area contributed by atoms with Crippen LogP contribution < -0.4 is 9.47 Å². The van der Waals surface area contributed by atoms with Gasteiger partial charge in [0.2, 0.25) is 0 Å². The third kappa shape index (κ3) is 6.30. The van der Waals surface area contributed by atoms with Crippen molar-refractivity contribution in [2.45, 2.75) is 32.6 Å². The Balaban J connectivity index is 2.55. The van der Waals surface area contributed by atoms with Crippen molar-refractivity contribution >= 4 is 11.9 Å². The molecular weight excluding hydrogens is 264 g/mol. The minimum atomic E-state index is 0.181. The first-order valence-corrected chi connectivity index (χ1v) is 7.30. The zero-order valence-corrected chi connectivity index (χ0v) is 13.1. The first-order valence-electron chi connectivity index (χ1n) is 7.30. The summed E-state index contributed by atoms with van der Waals surface area (Å²) in [6, 6.07) is 5.69. The van der Waals surface area contributed by atoms with E-state index in [1.165, 1.54) is 0 Å². The van der Waals surface area contributed by atoms with Gasteiger partial charge in [-0.1, -0.05) is 44.1 Å². The smallest absolute Gasteiger partial charge is 0.161 e. The van der Waals surface area contributed by atoms with Crippen LogP contribution in [0.3, 0.4) is 0 Å². The summed E-state index contributed by atoms with van der Waals surface area (Å²) in [4.78, 5) is 11.6. The lowest BCUT2D eigenvalue weighted by Gasteiger charge is -2.07. The highest BCUT2D eigenvalue weighted by Crippen LogP contribution is 2.27. The first kappa shape index (κ1) is 17.0. The van der Waals surface area contributed by atoms with Crippen LogP contribution in [0.2, 0.25) is 0 Å². The van der Waals surface area contributed by atoms with Gasteiger partial charge < -0.3 is 9.47 Å². The summed E-state index contributed by atoms with van der Waals surface area (Å²) in [5.74, 6) is 1.58. The lowest BCUT2D eigenvalue weighted by Crippen LogP contribution is -1.91. The Morgan fingerprint density at radius 1 is 1.10 bits per heavy atom. The number of carbonyl (C=O) groups is 1. The normalized spacial score (nSPS) is 11.2. The van der Waals surface area contributed by atoms with Gasteiger partial charge in [0.1, 0.15) is 0 Å². The molecule has 3 nitrogen and oxygen atoms in total. The zero-order chi connectivity index (χ0) is 15.5.